The lowest BCUT2D eigenvalue weighted by molar-refractivity contribution is 0.865. The van der Waals surface area contributed by atoms with E-state index in [1.165, 1.54) is 16.0 Å². The van der Waals surface area contributed by atoms with Gasteiger partial charge >= 0.3 is 0 Å². The van der Waals surface area contributed by atoms with Gasteiger partial charge in [-0.2, -0.15) is 0 Å². The van der Waals surface area contributed by atoms with Gasteiger partial charge < -0.3 is 5.73 Å². The van der Waals surface area contributed by atoms with E-state index in [0.717, 1.165) is 11.4 Å². The molecule has 0 aliphatic heterocycles. The van der Waals surface area contributed by atoms with Crippen molar-refractivity contribution >= 4 is 11.8 Å². The molecule has 2 aromatic rings. The fourth-order valence-corrected chi connectivity index (χ4v) is 2.81. The van der Waals surface area contributed by atoms with Gasteiger partial charge in [-0.3, -0.25) is 4.98 Å². The Morgan fingerprint density at radius 2 is 1.89 bits per heavy atom. The highest BCUT2D eigenvalue weighted by molar-refractivity contribution is 7.98. The Kier molecular flexibility index (Phi) is 5.00. The molecule has 0 atom stereocenters. The van der Waals surface area contributed by atoms with Crippen LogP contribution in [-0.4, -0.2) is 4.98 Å². The molecule has 2 rings (SSSR count). The first-order valence-electron chi connectivity index (χ1n) is 6.56. The SMILES string of the molecule is CC(C)c1ccc(SCc2cccnc2CN)cc1. The van der Waals surface area contributed by atoms with Crippen LogP contribution in [0, 0.1) is 0 Å². The summed E-state index contributed by atoms with van der Waals surface area (Å²) < 4.78 is 0. The number of aromatic nitrogens is 1. The van der Waals surface area contributed by atoms with Crippen LogP contribution in [0.25, 0.3) is 0 Å². The average molecular weight is 272 g/mol. The molecule has 3 heteroatoms. The minimum atomic E-state index is 0.503. The molecule has 0 aliphatic carbocycles. The van der Waals surface area contributed by atoms with E-state index >= 15 is 0 Å². The summed E-state index contributed by atoms with van der Waals surface area (Å²) in [7, 11) is 0. The first kappa shape index (κ1) is 14.1. The second-order valence-corrected chi connectivity index (χ2v) is 5.87. The zero-order valence-corrected chi connectivity index (χ0v) is 12.3. The Labute approximate surface area is 119 Å². The molecule has 0 unspecified atom stereocenters. The van der Waals surface area contributed by atoms with Crippen LogP contribution in [0.15, 0.2) is 47.5 Å². The lowest BCUT2D eigenvalue weighted by atomic mass is 10.0. The van der Waals surface area contributed by atoms with Crippen LogP contribution in [0.5, 0.6) is 0 Å². The third kappa shape index (κ3) is 3.82. The van der Waals surface area contributed by atoms with Gasteiger partial charge in [-0.15, -0.1) is 11.8 Å². The quantitative estimate of drug-likeness (QED) is 0.837. The molecule has 0 aliphatic rings. The predicted octanol–water partition coefficient (Wildman–Crippen LogP) is 3.96. The van der Waals surface area contributed by atoms with Crippen LogP contribution >= 0.6 is 11.8 Å². The highest BCUT2D eigenvalue weighted by Crippen LogP contribution is 2.25. The summed E-state index contributed by atoms with van der Waals surface area (Å²) in [6, 6.07) is 12.9. The van der Waals surface area contributed by atoms with Crippen LogP contribution < -0.4 is 5.73 Å². The molecule has 100 valence electrons. The van der Waals surface area contributed by atoms with E-state index in [4.69, 9.17) is 5.73 Å². The number of thioether (sulfide) groups is 1. The maximum absolute atomic E-state index is 5.70. The molecule has 0 saturated heterocycles. The van der Waals surface area contributed by atoms with Gasteiger partial charge in [0.25, 0.3) is 0 Å². The molecular formula is C16H20N2S. The Hall–Kier alpha value is -1.32. The first-order valence-corrected chi connectivity index (χ1v) is 7.55. The van der Waals surface area contributed by atoms with Crippen molar-refractivity contribution in [1.82, 2.24) is 4.98 Å². The lowest BCUT2D eigenvalue weighted by Crippen LogP contribution is -2.03. The van der Waals surface area contributed by atoms with Crippen molar-refractivity contribution in [1.29, 1.82) is 0 Å². The van der Waals surface area contributed by atoms with Gasteiger partial charge in [0, 0.05) is 23.4 Å². The van der Waals surface area contributed by atoms with Crippen LogP contribution in [0.2, 0.25) is 0 Å². The van der Waals surface area contributed by atoms with Crippen LogP contribution in [-0.2, 0) is 12.3 Å². The number of hydrogen-bond donors (Lipinski definition) is 1. The largest absolute Gasteiger partial charge is 0.325 e. The molecule has 0 fully saturated rings. The van der Waals surface area contributed by atoms with E-state index in [9.17, 15) is 0 Å². The molecule has 2 N–H and O–H groups in total. The summed E-state index contributed by atoms with van der Waals surface area (Å²) >= 11 is 1.83. The van der Waals surface area contributed by atoms with Crippen molar-refractivity contribution in [2.75, 3.05) is 0 Å². The maximum atomic E-state index is 5.70. The molecule has 2 nitrogen and oxygen atoms in total. The molecular weight excluding hydrogens is 252 g/mol. The molecule has 0 saturated carbocycles. The van der Waals surface area contributed by atoms with Crippen molar-refractivity contribution in [3.8, 4) is 0 Å². The van der Waals surface area contributed by atoms with Crippen molar-refractivity contribution in [3.05, 3.63) is 59.4 Å². The molecule has 1 aromatic carbocycles. The molecule has 1 heterocycles. The third-order valence-electron chi connectivity index (χ3n) is 3.12. The van der Waals surface area contributed by atoms with Gasteiger partial charge in [0.05, 0.1) is 5.69 Å². The summed E-state index contributed by atoms with van der Waals surface area (Å²) in [5.74, 6) is 1.50. The zero-order valence-electron chi connectivity index (χ0n) is 11.5. The number of rotatable bonds is 5. The van der Waals surface area contributed by atoms with Crippen LogP contribution in [0.1, 0.15) is 36.6 Å². The number of pyridine rings is 1. The Balaban J connectivity index is 2.02. The van der Waals surface area contributed by atoms with Crippen molar-refractivity contribution < 1.29 is 0 Å². The molecule has 1 aromatic heterocycles. The minimum absolute atomic E-state index is 0.503. The Morgan fingerprint density at radius 1 is 1.16 bits per heavy atom. The van der Waals surface area contributed by atoms with Crippen LogP contribution in [0.4, 0.5) is 0 Å². The smallest absolute Gasteiger partial charge is 0.0579 e. The summed E-state index contributed by atoms with van der Waals surface area (Å²) in [5, 5.41) is 0. The van der Waals surface area contributed by atoms with Gasteiger partial charge in [-0.1, -0.05) is 32.0 Å². The summed E-state index contributed by atoms with van der Waals surface area (Å²) in [6.07, 6.45) is 1.80. The summed E-state index contributed by atoms with van der Waals surface area (Å²) in [4.78, 5) is 5.60. The zero-order chi connectivity index (χ0) is 13.7. The maximum Gasteiger partial charge on any atom is 0.0579 e. The van der Waals surface area contributed by atoms with Gasteiger partial charge in [-0.05, 0) is 35.2 Å². The fourth-order valence-electron chi connectivity index (χ4n) is 1.90. The van der Waals surface area contributed by atoms with Crippen molar-refractivity contribution in [2.45, 2.75) is 37.0 Å². The van der Waals surface area contributed by atoms with Crippen molar-refractivity contribution in [2.24, 2.45) is 5.73 Å². The van der Waals surface area contributed by atoms with Gasteiger partial charge in [0.15, 0.2) is 0 Å². The molecule has 0 bridgehead atoms. The van der Waals surface area contributed by atoms with Crippen molar-refractivity contribution in [3.63, 3.8) is 0 Å². The third-order valence-corrected chi connectivity index (χ3v) is 4.18. The highest BCUT2D eigenvalue weighted by atomic mass is 32.2. The van der Waals surface area contributed by atoms with E-state index < -0.39 is 0 Å². The Bertz CT molecular complexity index is 521. The molecule has 0 spiro atoms. The van der Waals surface area contributed by atoms with Gasteiger partial charge in [-0.25, -0.2) is 0 Å². The number of hydrogen-bond acceptors (Lipinski definition) is 3. The summed E-state index contributed by atoms with van der Waals surface area (Å²) in [5.41, 5.74) is 9.30. The van der Waals surface area contributed by atoms with Crippen LogP contribution in [0.3, 0.4) is 0 Å². The molecule has 0 amide bonds. The second-order valence-electron chi connectivity index (χ2n) is 4.83. The van der Waals surface area contributed by atoms with E-state index in [-0.39, 0.29) is 0 Å². The predicted molar refractivity (Wildman–Crippen MR) is 82.2 cm³/mol. The van der Waals surface area contributed by atoms with E-state index in [0.29, 0.717) is 12.5 Å². The van der Waals surface area contributed by atoms with Gasteiger partial charge in [0.1, 0.15) is 0 Å². The monoisotopic (exact) mass is 272 g/mol. The second kappa shape index (κ2) is 6.73. The topological polar surface area (TPSA) is 38.9 Å². The minimum Gasteiger partial charge on any atom is -0.325 e. The normalized spacial score (nSPS) is 10.9. The number of nitrogens with zero attached hydrogens (tertiary/aromatic N) is 1. The molecule has 0 radical (unpaired) electrons. The number of benzene rings is 1. The fraction of sp³-hybridized carbons (Fsp3) is 0.312. The van der Waals surface area contributed by atoms with Gasteiger partial charge in [0.2, 0.25) is 0 Å². The first-order chi connectivity index (χ1) is 9.20. The summed E-state index contributed by atoms with van der Waals surface area (Å²) in [6.45, 7) is 4.93. The lowest BCUT2D eigenvalue weighted by Gasteiger charge is -2.08. The highest BCUT2D eigenvalue weighted by Gasteiger charge is 2.03. The van der Waals surface area contributed by atoms with E-state index in [1.807, 2.05) is 17.8 Å². The molecule has 19 heavy (non-hydrogen) atoms. The van der Waals surface area contributed by atoms with E-state index in [2.05, 4.69) is 49.2 Å². The van der Waals surface area contributed by atoms with E-state index in [1.54, 1.807) is 6.20 Å². The number of nitrogens with two attached hydrogens (primary N) is 1. The average Bonchev–Trinajstić information content (AvgIpc) is 2.45. The standard InChI is InChI=1S/C16H20N2S/c1-12(2)13-5-7-15(8-6-13)19-11-14-4-3-9-18-16(14)10-17/h3-9,12H,10-11,17H2,1-2H3. The Morgan fingerprint density at radius 3 is 2.53 bits per heavy atom.